The molecule has 2 unspecified atom stereocenters. The minimum Gasteiger partial charge on any atom is -0.740 e. The Bertz CT molecular complexity index is 419. The van der Waals surface area contributed by atoms with E-state index in [4.69, 9.17) is 0 Å². The Balaban J connectivity index is 3.14. The third kappa shape index (κ3) is 3.56. The molecule has 8 heteroatoms. The first-order valence-corrected chi connectivity index (χ1v) is 6.21. The molecular formula is C8H8O6S2-2. The lowest BCUT2D eigenvalue weighted by Crippen LogP contribution is -2.05. The Morgan fingerprint density at radius 1 is 1.19 bits per heavy atom. The van der Waals surface area contributed by atoms with Gasteiger partial charge in [-0.3, -0.25) is 0 Å². The Kier molecular flexibility index (Phi) is 4.87. The van der Waals surface area contributed by atoms with Gasteiger partial charge in [0.15, 0.2) is 11.5 Å². The molecule has 2 atom stereocenters. The van der Waals surface area contributed by atoms with E-state index in [9.17, 15) is 17.5 Å². The molecule has 0 amide bonds. The highest BCUT2D eigenvalue weighted by molar-refractivity contribution is 7.74. The van der Waals surface area contributed by atoms with Crippen LogP contribution < -0.4 is 8.37 Å². The summed E-state index contributed by atoms with van der Waals surface area (Å²) in [6.07, 6.45) is 0.481. The number of rotatable bonds is 5. The maximum absolute atomic E-state index is 10.4. The zero-order chi connectivity index (χ0) is 12.1. The molecule has 0 radical (unpaired) electrons. The zero-order valence-corrected chi connectivity index (χ0v) is 9.84. The second kappa shape index (κ2) is 5.94. The van der Waals surface area contributed by atoms with Crippen LogP contribution in [0.15, 0.2) is 18.2 Å². The van der Waals surface area contributed by atoms with Gasteiger partial charge in [-0.15, -0.1) is 0 Å². The fourth-order valence-electron chi connectivity index (χ4n) is 1.14. The maximum Gasteiger partial charge on any atom is 0.185 e. The van der Waals surface area contributed by atoms with E-state index in [2.05, 4.69) is 8.37 Å². The molecule has 0 aliphatic carbocycles. The summed E-state index contributed by atoms with van der Waals surface area (Å²) in [5.41, 5.74) is 0.534. The van der Waals surface area contributed by atoms with Gasteiger partial charge < -0.3 is 17.5 Å². The summed E-state index contributed by atoms with van der Waals surface area (Å²) in [6.45, 7) is 1.77. The third-order valence-corrected chi connectivity index (χ3v) is 2.37. The van der Waals surface area contributed by atoms with Gasteiger partial charge >= 0.3 is 0 Å². The van der Waals surface area contributed by atoms with Crippen molar-refractivity contribution >= 4 is 22.7 Å². The summed E-state index contributed by atoms with van der Waals surface area (Å²) in [5.74, 6) is -0.264. The topological polar surface area (TPSA) is 98.7 Å². The second-order valence-corrected chi connectivity index (χ2v) is 3.82. The summed E-state index contributed by atoms with van der Waals surface area (Å²) < 4.78 is 50.5. The van der Waals surface area contributed by atoms with E-state index in [0.717, 1.165) is 0 Å². The highest BCUT2D eigenvalue weighted by Crippen LogP contribution is 2.32. The van der Waals surface area contributed by atoms with Gasteiger partial charge in [0, 0.05) is 0 Å². The zero-order valence-electron chi connectivity index (χ0n) is 8.21. The number of para-hydroxylation sites is 1. The second-order valence-electron chi connectivity index (χ2n) is 2.67. The number of hydrogen-bond acceptors (Lipinski definition) is 6. The molecule has 90 valence electrons. The van der Waals surface area contributed by atoms with E-state index >= 15 is 0 Å². The fourth-order valence-corrected chi connectivity index (χ4v) is 1.74. The van der Waals surface area contributed by atoms with Gasteiger partial charge in [0.2, 0.25) is 0 Å². The molecule has 0 aliphatic rings. The predicted octanol–water partition coefficient (Wildman–Crippen LogP) is 0.595. The van der Waals surface area contributed by atoms with Crippen molar-refractivity contribution in [3.63, 3.8) is 0 Å². The minimum absolute atomic E-state index is 0.109. The van der Waals surface area contributed by atoms with Gasteiger partial charge in [-0.1, -0.05) is 19.1 Å². The molecule has 0 spiro atoms. The fraction of sp³-hybridized carbons (Fsp3) is 0.250. The predicted molar refractivity (Wildman–Crippen MR) is 54.9 cm³/mol. The molecule has 0 saturated heterocycles. The summed E-state index contributed by atoms with van der Waals surface area (Å²) >= 11 is -5.57. The van der Waals surface area contributed by atoms with Crippen molar-refractivity contribution in [1.82, 2.24) is 0 Å². The van der Waals surface area contributed by atoms with E-state index in [1.165, 1.54) is 6.07 Å². The van der Waals surface area contributed by atoms with Crippen molar-refractivity contribution < 1.29 is 25.9 Å². The molecule has 6 nitrogen and oxygen atoms in total. The normalized spacial score (nSPS) is 14.2. The van der Waals surface area contributed by atoms with E-state index in [-0.39, 0.29) is 11.5 Å². The van der Waals surface area contributed by atoms with Crippen molar-refractivity contribution in [3.05, 3.63) is 23.8 Å². The molecule has 1 aromatic carbocycles. The van der Waals surface area contributed by atoms with E-state index in [0.29, 0.717) is 12.0 Å². The van der Waals surface area contributed by atoms with Crippen LogP contribution in [0.5, 0.6) is 11.5 Å². The van der Waals surface area contributed by atoms with Gasteiger partial charge in [-0.05, 0) is 18.1 Å². The van der Waals surface area contributed by atoms with E-state index < -0.39 is 22.7 Å². The molecule has 0 aromatic heterocycles. The number of benzene rings is 1. The van der Waals surface area contributed by atoms with Crippen molar-refractivity contribution in [2.45, 2.75) is 13.3 Å². The Morgan fingerprint density at radius 3 is 2.31 bits per heavy atom. The van der Waals surface area contributed by atoms with Crippen LogP contribution in [0.25, 0.3) is 0 Å². The molecule has 0 bridgehead atoms. The summed E-state index contributed by atoms with van der Waals surface area (Å²) in [4.78, 5) is 0. The monoisotopic (exact) mass is 264 g/mol. The van der Waals surface area contributed by atoms with E-state index in [1.54, 1.807) is 19.1 Å². The SMILES string of the molecule is CCc1cccc(OS(=O)[O-])c1OS(=O)[O-]. The molecular weight excluding hydrogens is 256 g/mol. The van der Waals surface area contributed by atoms with Gasteiger partial charge in [-0.25, -0.2) is 8.42 Å². The highest BCUT2D eigenvalue weighted by Gasteiger charge is 2.11. The van der Waals surface area contributed by atoms with Crippen molar-refractivity contribution in [1.29, 1.82) is 0 Å². The first-order valence-electron chi connectivity index (χ1n) is 4.21. The van der Waals surface area contributed by atoms with Crippen LogP contribution in [0, 0.1) is 0 Å². The molecule has 0 N–H and O–H groups in total. The lowest BCUT2D eigenvalue weighted by Gasteiger charge is -2.16. The third-order valence-electron chi connectivity index (χ3n) is 1.75. The number of hydrogen-bond donors (Lipinski definition) is 0. The Hall–Kier alpha value is -0.960. The van der Waals surface area contributed by atoms with Crippen molar-refractivity contribution in [2.24, 2.45) is 0 Å². The average molecular weight is 264 g/mol. The quantitative estimate of drug-likeness (QED) is 0.722. The molecule has 0 aliphatic heterocycles. The molecule has 1 aromatic rings. The first kappa shape index (κ1) is 13.1. The van der Waals surface area contributed by atoms with Gasteiger partial charge in [0.25, 0.3) is 0 Å². The van der Waals surface area contributed by atoms with E-state index in [1.807, 2.05) is 0 Å². The standard InChI is InChI=1S/C8H10O6S2/c1-2-6-4-3-5-7(13-15(9)10)8(6)14-16(11)12/h3-5H,2H2,1H3,(H,9,10)(H,11,12)/p-2. The van der Waals surface area contributed by atoms with Crippen LogP contribution in [-0.4, -0.2) is 17.5 Å². The molecule has 16 heavy (non-hydrogen) atoms. The highest BCUT2D eigenvalue weighted by atomic mass is 32.2. The van der Waals surface area contributed by atoms with Gasteiger partial charge in [0.1, 0.15) is 22.7 Å². The average Bonchev–Trinajstić information content (AvgIpc) is 2.19. The Morgan fingerprint density at radius 2 is 1.81 bits per heavy atom. The van der Waals surface area contributed by atoms with Crippen molar-refractivity contribution in [2.75, 3.05) is 0 Å². The maximum atomic E-state index is 10.4. The van der Waals surface area contributed by atoms with Crippen LogP contribution in [0.1, 0.15) is 12.5 Å². The van der Waals surface area contributed by atoms with Gasteiger partial charge in [0.05, 0.1) is 0 Å². The smallest absolute Gasteiger partial charge is 0.185 e. The number of aryl methyl sites for hydroxylation is 1. The van der Waals surface area contributed by atoms with Crippen LogP contribution >= 0.6 is 0 Å². The molecule has 0 heterocycles. The van der Waals surface area contributed by atoms with Crippen molar-refractivity contribution in [3.8, 4) is 11.5 Å². The molecule has 0 saturated carbocycles. The lowest BCUT2D eigenvalue weighted by molar-refractivity contribution is 0.409. The van der Waals surface area contributed by atoms with Crippen LogP contribution in [-0.2, 0) is 29.1 Å². The minimum atomic E-state index is -2.78. The summed E-state index contributed by atoms with van der Waals surface area (Å²) in [5, 5.41) is 0. The van der Waals surface area contributed by atoms with Gasteiger partial charge in [-0.2, -0.15) is 0 Å². The van der Waals surface area contributed by atoms with Crippen LogP contribution in [0.3, 0.4) is 0 Å². The largest absolute Gasteiger partial charge is 0.740 e. The molecule has 0 fully saturated rings. The van der Waals surface area contributed by atoms with Crippen LogP contribution in [0.4, 0.5) is 0 Å². The Labute approximate surface area is 97.6 Å². The molecule has 1 rings (SSSR count). The van der Waals surface area contributed by atoms with Crippen LogP contribution in [0.2, 0.25) is 0 Å². The lowest BCUT2D eigenvalue weighted by atomic mass is 10.1. The summed E-state index contributed by atoms with van der Waals surface area (Å²) in [7, 11) is 0. The first-order chi connectivity index (χ1) is 7.54. The summed E-state index contributed by atoms with van der Waals surface area (Å²) in [6, 6.07) is 4.46.